The van der Waals surface area contributed by atoms with E-state index >= 15 is 0 Å². The van der Waals surface area contributed by atoms with Crippen LogP contribution in [0.15, 0.2) is 28.8 Å². The highest BCUT2D eigenvalue weighted by Crippen LogP contribution is 2.31. The molecule has 1 aromatic carbocycles. The molecule has 5 nitrogen and oxygen atoms in total. The summed E-state index contributed by atoms with van der Waals surface area (Å²) in [6, 6.07) is 5.07. The van der Waals surface area contributed by atoms with Crippen molar-refractivity contribution < 1.29 is 22.5 Å². The maximum atomic E-state index is 12.9. The molecule has 2 aromatic rings. The molecule has 1 fully saturated rings. The van der Waals surface area contributed by atoms with Gasteiger partial charge in [-0.1, -0.05) is 24.2 Å². The minimum atomic E-state index is -4.40. The van der Waals surface area contributed by atoms with Crippen molar-refractivity contribution in [3.05, 3.63) is 47.1 Å². The van der Waals surface area contributed by atoms with Gasteiger partial charge in [-0.05, 0) is 30.5 Å². The number of alkyl halides is 3. The van der Waals surface area contributed by atoms with Crippen molar-refractivity contribution in [1.29, 1.82) is 0 Å². The van der Waals surface area contributed by atoms with E-state index in [1.165, 1.54) is 6.07 Å². The van der Waals surface area contributed by atoms with Crippen LogP contribution >= 0.6 is 0 Å². The molecule has 0 bridgehead atoms. The number of rotatable bonds is 5. The minimum Gasteiger partial charge on any atom is -0.339 e. The number of aromatic nitrogens is 2. The van der Waals surface area contributed by atoms with Crippen LogP contribution in [-0.2, 0) is 23.9 Å². The van der Waals surface area contributed by atoms with Crippen LogP contribution in [0.2, 0.25) is 0 Å². The first-order chi connectivity index (χ1) is 12.4. The lowest BCUT2D eigenvalue weighted by Gasteiger charge is -2.31. The molecule has 0 radical (unpaired) electrons. The highest BCUT2D eigenvalue weighted by molar-refractivity contribution is 5.77. The SMILES string of the molecule is CCCc1noc([C@H]2CCC(=O)N(Cc3cccc(C(F)(F)F)c3)C2)n1. The van der Waals surface area contributed by atoms with Crippen LogP contribution in [0, 0.1) is 0 Å². The molecular formula is C18H20F3N3O2. The van der Waals surface area contributed by atoms with Gasteiger partial charge in [0, 0.05) is 25.9 Å². The third-order valence-electron chi connectivity index (χ3n) is 4.43. The predicted octanol–water partition coefficient (Wildman–Crippen LogP) is 3.95. The second-order valence-electron chi connectivity index (χ2n) is 6.51. The number of likely N-dealkylation sites (tertiary alicyclic amines) is 1. The number of halogens is 3. The van der Waals surface area contributed by atoms with E-state index < -0.39 is 11.7 Å². The number of benzene rings is 1. The molecule has 26 heavy (non-hydrogen) atoms. The quantitative estimate of drug-likeness (QED) is 0.803. The van der Waals surface area contributed by atoms with Gasteiger partial charge in [0.05, 0.1) is 11.5 Å². The number of nitrogens with zero attached hydrogens (tertiary/aromatic N) is 3. The van der Waals surface area contributed by atoms with Gasteiger partial charge in [0.2, 0.25) is 11.8 Å². The molecule has 1 saturated heterocycles. The Labute approximate surface area is 149 Å². The second kappa shape index (κ2) is 7.47. The van der Waals surface area contributed by atoms with Gasteiger partial charge in [-0.25, -0.2) is 0 Å². The second-order valence-corrected chi connectivity index (χ2v) is 6.51. The number of carbonyl (C=O) groups excluding carboxylic acids is 1. The molecule has 0 N–H and O–H groups in total. The zero-order valence-electron chi connectivity index (χ0n) is 14.4. The molecule has 1 aromatic heterocycles. The molecule has 1 aliphatic heterocycles. The molecule has 3 rings (SSSR count). The first-order valence-electron chi connectivity index (χ1n) is 8.63. The maximum absolute atomic E-state index is 12.9. The summed E-state index contributed by atoms with van der Waals surface area (Å²) in [7, 11) is 0. The lowest BCUT2D eigenvalue weighted by molar-refractivity contribution is -0.137. The van der Waals surface area contributed by atoms with Crippen molar-refractivity contribution in [2.24, 2.45) is 0 Å². The molecule has 1 atom stereocenters. The van der Waals surface area contributed by atoms with Crippen LogP contribution in [0.3, 0.4) is 0 Å². The summed E-state index contributed by atoms with van der Waals surface area (Å²) in [6.45, 7) is 2.52. The summed E-state index contributed by atoms with van der Waals surface area (Å²) in [6.07, 6.45) is -1.85. The van der Waals surface area contributed by atoms with Crippen LogP contribution in [0.25, 0.3) is 0 Å². The molecule has 2 heterocycles. The van der Waals surface area contributed by atoms with E-state index in [1.807, 2.05) is 6.92 Å². The van der Waals surface area contributed by atoms with E-state index in [0.29, 0.717) is 36.7 Å². The van der Waals surface area contributed by atoms with Crippen LogP contribution < -0.4 is 0 Å². The van der Waals surface area contributed by atoms with Gasteiger partial charge in [0.15, 0.2) is 5.82 Å². The van der Waals surface area contributed by atoms with E-state index in [4.69, 9.17) is 4.52 Å². The average molecular weight is 367 g/mol. The van der Waals surface area contributed by atoms with Crippen molar-refractivity contribution in [1.82, 2.24) is 15.0 Å². The summed E-state index contributed by atoms with van der Waals surface area (Å²) in [4.78, 5) is 18.1. The van der Waals surface area contributed by atoms with Gasteiger partial charge in [-0.15, -0.1) is 0 Å². The third-order valence-corrected chi connectivity index (χ3v) is 4.43. The Bertz CT molecular complexity index is 773. The van der Waals surface area contributed by atoms with Crippen molar-refractivity contribution in [3.63, 3.8) is 0 Å². The van der Waals surface area contributed by atoms with Crippen LogP contribution in [0.1, 0.15) is 54.9 Å². The Morgan fingerprint density at radius 2 is 2.15 bits per heavy atom. The molecule has 0 saturated carbocycles. The molecule has 1 amide bonds. The first kappa shape index (κ1) is 18.4. The van der Waals surface area contributed by atoms with E-state index in [-0.39, 0.29) is 18.4 Å². The molecule has 8 heteroatoms. The number of amides is 1. The Morgan fingerprint density at radius 3 is 2.88 bits per heavy atom. The highest BCUT2D eigenvalue weighted by Gasteiger charge is 2.32. The number of piperidine rings is 1. The van der Waals surface area contributed by atoms with E-state index in [0.717, 1.165) is 25.0 Å². The van der Waals surface area contributed by atoms with Crippen LogP contribution in [0.4, 0.5) is 13.2 Å². The molecular weight excluding hydrogens is 347 g/mol. The zero-order valence-corrected chi connectivity index (χ0v) is 14.4. The van der Waals surface area contributed by atoms with Crippen LogP contribution in [-0.4, -0.2) is 27.5 Å². The Morgan fingerprint density at radius 1 is 1.35 bits per heavy atom. The normalized spacial score (nSPS) is 18.4. The summed E-state index contributed by atoms with van der Waals surface area (Å²) < 4.78 is 43.9. The van der Waals surface area contributed by atoms with E-state index in [9.17, 15) is 18.0 Å². The summed E-state index contributed by atoms with van der Waals surface area (Å²) >= 11 is 0. The number of hydrogen-bond acceptors (Lipinski definition) is 4. The van der Waals surface area contributed by atoms with Gasteiger partial charge in [-0.2, -0.15) is 18.2 Å². The Kier molecular flexibility index (Phi) is 5.29. The smallest absolute Gasteiger partial charge is 0.339 e. The summed E-state index contributed by atoms with van der Waals surface area (Å²) in [5.74, 6) is 0.974. The van der Waals surface area contributed by atoms with E-state index in [1.54, 1.807) is 11.0 Å². The van der Waals surface area contributed by atoms with Crippen molar-refractivity contribution >= 4 is 5.91 Å². The number of aryl methyl sites for hydroxylation is 1. The lowest BCUT2D eigenvalue weighted by atomic mass is 9.96. The molecule has 0 spiro atoms. The largest absolute Gasteiger partial charge is 0.416 e. The maximum Gasteiger partial charge on any atom is 0.416 e. The fourth-order valence-electron chi connectivity index (χ4n) is 3.09. The molecule has 1 aliphatic rings. The molecule has 0 aliphatic carbocycles. The van der Waals surface area contributed by atoms with Crippen molar-refractivity contribution in [3.8, 4) is 0 Å². The van der Waals surface area contributed by atoms with Gasteiger partial charge in [0.25, 0.3) is 0 Å². The highest BCUT2D eigenvalue weighted by atomic mass is 19.4. The standard InChI is InChI=1S/C18H20F3N3O2/c1-2-4-15-22-17(26-23-15)13-7-8-16(25)24(11-13)10-12-5-3-6-14(9-12)18(19,20)21/h3,5-6,9,13H,2,4,7-8,10-11H2,1H3/t13-/m0/s1. The van der Waals surface area contributed by atoms with Crippen molar-refractivity contribution in [2.45, 2.75) is 51.2 Å². The minimum absolute atomic E-state index is 0.0769. The van der Waals surface area contributed by atoms with Crippen LogP contribution in [0.5, 0.6) is 0 Å². The number of carbonyl (C=O) groups is 1. The predicted molar refractivity (Wildman–Crippen MR) is 87.1 cm³/mol. The molecule has 140 valence electrons. The number of hydrogen-bond donors (Lipinski definition) is 0. The average Bonchev–Trinajstić information content (AvgIpc) is 3.05. The zero-order chi connectivity index (χ0) is 18.7. The topological polar surface area (TPSA) is 59.2 Å². The third kappa shape index (κ3) is 4.23. The lowest BCUT2D eigenvalue weighted by Crippen LogP contribution is -2.38. The summed E-state index contributed by atoms with van der Waals surface area (Å²) in [5.41, 5.74) is -0.261. The van der Waals surface area contributed by atoms with Crippen molar-refractivity contribution in [2.75, 3.05) is 6.54 Å². The van der Waals surface area contributed by atoms with E-state index in [2.05, 4.69) is 10.1 Å². The first-order valence-corrected chi connectivity index (χ1v) is 8.63. The summed E-state index contributed by atoms with van der Waals surface area (Å²) in [5, 5.41) is 3.93. The van der Waals surface area contributed by atoms with Gasteiger partial charge >= 0.3 is 6.18 Å². The fraction of sp³-hybridized carbons (Fsp3) is 0.500. The fourth-order valence-corrected chi connectivity index (χ4v) is 3.09. The molecule has 0 unspecified atom stereocenters. The van der Waals surface area contributed by atoms with Gasteiger partial charge in [-0.3, -0.25) is 4.79 Å². The Balaban J connectivity index is 1.71. The van der Waals surface area contributed by atoms with Gasteiger partial charge < -0.3 is 9.42 Å². The Hall–Kier alpha value is -2.38. The monoisotopic (exact) mass is 367 g/mol. The van der Waals surface area contributed by atoms with Gasteiger partial charge in [0.1, 0.15) is 0 Å².